The number of nitrogens with zero attached hydrogens (tertiary/aromatic N) is 7. The number of anilines is 5. The molecule has 1 saturated carbocycles. The molecular weight excluding hydrogens is 944 g/mol. The van der Waals surface area contributed by atoms with E-state index in [1.165, 1.54) is 48.4 Å². The molecule has 6 heterocycles. The second kappa shape index (κ2) is 19.5. The minimum atomic E-state index is -3.64. The van der Waals surface area contributed by atoms with Gasteiger partial charge in [-0.25, -0.2) is 14.2 Å². The summed E-state index contributed by atoms with van der Waals surface area (Å²) in [6.45, 7) is 5.16. The van der Waals surface area contributed by atoms with Gasteiger partial charge >= 0.3 is 12.0 Å². The number of piperidine rings is 2. The molecule has 5 aliphatic heterocycles. The lowest BCUT2D eigenvalue weighted by Crippen LogP contribution is -2.54. The topological polar surface area (TPSA) is 228 Å². The number of rotatable bonds is 11. The summed E-state index contributed by atoms with van der Waals surface area (Å²) in [5.41, 5.74) is 0.197. The molecule has 1 aliphatic carbocycles. The van der Waals surface area contributed by atoms with E-state index in [4.69, 9.17) is 9.47 Å². The maximum absolute atomic E-state index is 15.9. The fraction of sp³-hybridized carbons (Fsp3) is 0.531. The summed E-state index contributed by atoms with van der Waals surface area (Å²) in [5, 5.41) is 11.9. The lowest BCUT2D eigenvalue weighted by Gasteiger charge is -2.36. The largest absolute Gasteiger partial charge is 0.495 e. The van der Waals surface area contributed by atoms with Gasteiger partial charge in [0.1, 0.15) is 34.9 Å². The molecule has 7 amide bonds. The Balaban J connectivity index is 0.838. The first kappa shape index (κ1) is 49.9. The summed E-state index contributed by atoms with van der Waals surface area (Å²) in [5.74, 6) is -7.98. The molecule has 0 spiro atoms. The summed E-state index contributed by atoms with van der Waals surface area (Å²) in [7, 11) is 2.69. The summed E-state index contributed by atoms with van der Waals surface area (Å²) >= 11 is 0. The van der Waals surface area contributed by atoms with Gasteiger partial charge in [0.15, 0.2) is 5.82 Å². The molecular formula is C49H58F3N11O9. The van der Waals surface area contributed by atoms with E-state index in [1.807, 2.05) is 0 Å². The summed E-state index contributed by atoms with van der Waals surface area (Å²) in [4.78, 5) is 108. The number of ether oxygens (including phenoxy) is 2. The van der Waals surface area contributed by atoms with Crippen molar-refractivity contribution in [1.29, 1.82) is 0 Å². The van der Waals surface area contributed by atoms with Crippen LogP contribution in [0.2, 0.25) is 0 Å². The van der Waals surface area contributed by atoms with E-state index < -0.39 is 77.6 Å². The maximum Gasteiger partial charge on any atom is 0.411 e. The Morgan fingerprint density at radius 3 is 2.39 bits per heavy atom. The monoisotopic (exact) mass is 1000 g/mol. The number of methoxy groups -OCH3 is 1. The number of benzene rings is 2. The minimum absolute atomic E-state index is 0.0000707. The zero-order chi connectivity index (χ0) is 51.4. The second-order valence-corrected chi connectivity index (χ2v) is 20.2. The minimum Gasteiger partial charge on any atom is -0.495 e. The van der Waals surface area contributed by atoms with Crippen molar-refractivity contribution in [2.24, 2.45) is 0 Å². The highest BCUT2D eigenvalue weighted by Gasteiger charge is 2.50. The van der Waals surface area contributed by atoms with Gasteiger partial charge in [-0.3, -0.25) is 43.9 Å². The van der Waals surface area contributed by atoms with Crippen LogP contribution >= 0.6 is 0 Å². The predicted octanol–water partition coefficient (Wildman–Crippen LogP) is 4.70. The molecule has 6 aliphatic rings. The molecule has 3 aromatic rings. The smallest absolute Gasteiger partial charge is 0.411 e. The number of hydrogen-bond acceptors (Lipinski definition) is 15. The van der Waals surface area contributed by atoms with Crippen molar-refractivity contribution in [2.45, 2.75) is 127 Å². The van der Waals surface area contributed by atoms with Crippen LogP contribution in [0, 0.1) is 5.82 Å². The first-order valence-corrected chi connectivity index (χ1v) is 24.3. The standard InChI is InChI=1S/C49H58F3N11O9/c1-48(2,3)72-47(70)61-24-28(55-32-12-8-11-30-39(32)44(68)63(42(30)66)34-13-14-38(64)57-41(34)65)20-35(61)43(67)60-17-15-27(16-18-60)53-22-26-19-37(71-5)33(21-31(26)50)56-46-54-23-36-40(58-46)62(29-9-6-7-10-29)25-49(51,52)45(69)59(36)4/h8,11-12,19,21,23,27-29,34-35,53,55H,6-7,9-10,13-18,20,22,24-25H2,1-5H3,(H,54,56,58)(H,57,64,65)/t28-,34?,35-/m0/s1. The second-order valence-electron chi connectivity index (χ2n) is 20.2. The predicted molar refractivity (Wildman–Crippen MR) is 255 cm³/mol. The molecule has 4 fully saturated rings. The highest BCUT2D eigenvalue weighted by atomic mass is 19.3. The first-order chi connectivity index (χ1) is 34.2. The Hall–Kier alpha value is -7.04. The normalized spacial score (nSPS) is 22.8. The molecule has 23 heteroatoms. The quantitative estimate of drug-likeness (QED) is 0.191. The molecule has 9 rings (SSSR count). The first-order valence-electron chi connectivity index (χ1n) is 24.3. The van der Waals surface area contributed by atoms with Gasteiger partial charge in [-0.15, -0.1) is 0 Å². The van der Waals surface area contributed by atoms with Crippen molar-refractivity contribution in [3.63, 3.8) is 0 Å². The van der Waals surface area contributed by atoms with Crippen LogP contribution in [0.4, 0.5) is 46.8 Å². The Labute approximate surface area is 413 Å². The van der Waals surface area contributed by atoms with Crippen LogP contribution in [0.25, 0.3) is 0 Å². The van der Waals surface area contributed by atoms with Gasteiger partial charge in [-0.1, -0.05) is 18.9 Å². The fourth-order valence-electron chi connectivity index (χ4n) is 10.5. The number of carbonyl (C=O) groups excluding carboxylic acids is 7. The lowest BCUT2D eigenvalue weighted by molar-refractivity contribution is -0.140. The molecule has 1 aromatic heterocycles. The molecule has 4 N–H and O–H groups in total. The zero-order valence-electron chi connectivity index (χ0n) is 40.7. The molecule has 2 aromatic carbocycles. The van der Waals surface area contributed by atoms with E-state index in [0.717, 1.165) is 22.6 Å². The number of likely N-dealkylation sites (tertiary alicyclic amines) is 2. The fourth-order valence-corrected chi connectivity index (χ4v) is 10.5. The van der Waals surface area contributed by atoms with Gasteiger partial charge in [0.2, 0.25) is 23.7 Å². The van der Waals surface area contributed by atoms with E-state index in [1.54, 1.807) is 37.8 Å². The average Bonchev–Trinajstić information content (AvgIpc) is 4.08. The van der Waals surface area contributed by atoms with Crippen LogP contribution in [0.5, 0.6) is 5.75 Å². The molecule has 20 nitrogen and oxygen atoms in total. The van der Waals surface area contributed by atoms with Crippen LogP contribution in [-0.2, 0) is 30.5 Å². The third kappa shape index (κ3) is 9.81. The van der Waals surface area contributed by atoms with E-state index >= 15 is 13.2 Å². The van der Waals surface area contributed by atoms with Gasteiger partial charge in [0.25, 0.3) is 17.7 Å². The van der Waals surface area contributed by atoms with Gasteiger partial charge in [-0.05, 0) is 77.5 Å². The number of imide groups is 2. The van der Waals surface area contributed by atoms with E-state index in [-0.39, 0.29) is 90.4 Å². The average molecular weight is 1000 g/mol. The van der Waals surface area contributed by atoms with Gasteiger partial charge < -0.3 is 40.1 Å². The van der Waals surface area contributed by atoms with Crippen LogP contribution in [0.1, 0.15) is 105 Å². The van der Waals surface area contributed by atoms with E-state index in [9.17, 15) is 33.6 Å². The number of halogens is 3. The highest BCUT2D eigenvalue weighted by molar-refractivity contribution is 6.25. The molecule has 1 unspecified atom stereocenters. The number of hydrogen-bond donors (Lipinski definition) is 4. The van der Waals surface area contributed by atoms with Crippen molar-refractivity contribution in [3.8, 4) is 5.75 Å². The third-order valence-electron chi connectivity index (χ3n) is 14.2. The molecule has 3 atom stereocenters. The van der Waals surface area contributed by atoms with Crippen LogP contribution in [0.3, 0.4) is 0 Å². The van der Waals surface area contributed by atoms with Crippen molar-refractivity contribution in [3.05, 3.63) is 59.0 Å². The van der Waals surface area contributed by atoms with Crippen molar-refractivity contribution < 1.29 is 56.2 Å². The molecule has 3 saturated heterocycles. The molecule has 0 radical (unpaired) electrons. The zero-order valence-corrected chi connectivity index (χ0v) is 40.7. The van der Waals surface area contributed by atoms with Crippen LogP contribution in [-0.4, -0.2) is 148 Å². The number of fused-ring (bicyclic) bond motifs is 2. The number of carbonyl (C=O) groups is 7. The molecule has 0 bridgehead atoms. The number of nitrogens with one attached hydrogen (secondary N) is 4. The SMILES string of the molecule is COc1cc(CNC2CCN(C(=O)[C@@H]3C[C@H](Nc4cccc5c4C(=O)N(C4CCC(=O)NC4=O)C5=O)CN3C(=O)OC(C)(C)C)CC2)c(F)cc1Nc1ncc2c(n1)N(C1CCCC1)CC(F)(F)C(=O)N2C. The Morgan fingerprint density at radius 2 is 1.69 bits per heavy atom. The highest BCUT2D eigenvalue weighted by Crippen LogP contribution is 2.41. The maximum atomic E-state index is 15.9. The van der Waals surface area contributed by atoms with Crippen molar-refractivity contribution in [1.82, 2.24) is 35.3 Å². The van der Waals surface area contributed by atoms with Gasteiger partial charge in [0.05, 0.1) is 36.7 Å². The Kier molecular flexibility index (Phi) is 13.5. The molecule has 384 valence electrons. The van der Waals surface area contributed by atoms with Crippen molar-refractivity contribution in [2.75, 3.05) is 60.8 Å². The lowest BCUT2D eigenvalue weighted by atomic mass is 10.0. The number of amides is 7. The van der Waals surface area contributed by atoms with Crippen LogP contribution in [0.15, 0.2) is 36.5 Å². The summed E-state index contributed by atoms with van der Waals surface area (Å²) in [6.07, 6.45) is 4.85. The number of alkyl halides is 2. The van der Waals surface area contributed by atoms with Gasteiger partial charge in [-0.2, -0.15) is 13.8 Å². The number of aromatic nitrogens is 2. The van der Waals surface area contributed by atoms with E-state index in [2.05, 4.69) is 31.2 Å². The third-order valence-corrected chi connectivity index (χ3v) is 14.2. The van der Waals surface area contributed by atoms with Gasteiger partial charge in [0, 0.05) is 75.1 Å². The molecule has 72 heavy (non-hydrogen) atoms. The Bertz CT molecular complexity index is 2710. The van der Waals surface area contributed by atoms with Crippen LogP contribution < -0.4 is 35.8 Å². The summed E-state index contributed by atoms with van der Waals surface area (Å²) < 4.78 is 57.5. The Morgan fingerprint density at radius 1 is 0.958 bits per heavy atom. The van der Waals surface area contributed by atoms with E-state index in [0.29, 0.717) is 50.0 Å². The summed E-state index contributed by atoms with van der Waals surface area (Å²) in [6, 6.07) is 4.50. The van der Waals surface area contributed by atoms with Crippen molar-refractivity contribution >= 4 is 70.4 Å².